The van der Waals surface area contributed by atoms with Crippen LogP contribution in [-0.4, -0.2) is 15.1 Å². The van der Waals surface area contributed by atoms with Gasteiger partial charge in [-0.05, 0) is 24.3 Å². The van der Waals surface area contributed by atoms with Crippen molar-refractivity contribution in [1.29, 1.82) is 0 Å². The molecule has 2 rings (SSSR count). The van der Waals surface area contributed by atoms with Crippen LogP contribution in [-0.2, 0) is 22.4 Å². The molecular weight excluding hydrogens is 460 g/mol. The molecule has 0 fully saturated rings. The first kappa shape index (κ1) is 22.7. The van der Waals surface area contributed by atoms with E-state index in [4.69, 9.17) is 61.7 Å². The van der Waals surface area contributed by atoms with Crippen molar-refractivity contribution in [2.45, 2.75) is 0 Å². The summed E-state index contributed by atoms with van der Waals surface area (Å²) in [5.74, 6) is 0. The van der Waals surface area contributed by atoms with Crippen LogP contribution in [0.5, 0.6) is 0 Å². The van der Waals surface area contributed by atoms with E-state index in [0.717, 1.165) is 0 Å². The standard InChI is InChI=1S/2C5H3Cl2N.Ag.NO3/c2*6-4-1-2-5(7)8-3-4;;2-1(3)4/h2*1-3H;;/q;;+1;-1. The normalized spacial score (nSPS) is 8.19. The summed E-state index contributed by atoms with van der Waals surface area (Å²) in [4.78, 5) is 15.7. The Morgan fingerprint density at radius 3 is 1.24 bits per heavy atom. The Bertz CT molecular complexity index is 439. The number of aromatic nitrogens is 2. The van der Waals surface area contributed by atoms with Gasteiger partial charge in [0.1, 0.15) is 10.3 Å². The van der Waals surface area contributed by atoms with E-state index < -0.39 is 5.09 Å². The molecule has 0 saturated carbocycles. The number of hydrogen-bond donors (Lipinski definition) is 0. The molecule has 2 aromatic heterocycles. The molecule has 0 aliphatic carbocycles. The zero-order chi connectivity index (χ0) is 15.5. The number of pyridine rings is 2. The molecule has 11 heteroatoms. The SMILES string of the molecule is Clc1ccc(Cl)nc1.Clc1ccc(Cl)nc1.O=[N+]([O-])[O-].[Ag+]. The molecule has 0 aliphatic heterocycles. The molecule has 0 aromatic carbocycles. The van der Waals surface area contributed by atoms with Gasteiger partial charge in [0.25, 0.3) is 0 Å². The van der Waals surface area contributed by atoms with E-state index in [-0.39, 0.29) is 22.4 Å². The molecular formula is C10H6AgCl4N3O3. The molecule has 0 radical (unpaired) electrons. The zero-order valence-electron chi connectivity index (χ0n) is 9.84. The molecule has 2 heterocycles. The maximum Gasteiger partial charge on any atom is 1.00 e. The predicted molar refractivity (Wildman–Crippen MR) is 78.9 cm³/mol. The van der Waals surface area contributed by atoms with Crippen LogP contribution >= 0.6 is 46.4 Å². The molecule has 0 spiro atoms. The van der Waals surface area contributed by atoms with E-state index >= 15 is 0 Å². The van der Waals surface area contributed by atoms with E-state index in [1.165, 1.54) is 12.4 Å². The van der Waals surface area contributed by atoms with Crippen LogP contribution in [0.1, 0.15) is 0 Å². The zero-order valence-corrected chi connectivity index (χ0v) is 14.3. The fourth-order valence-corrected chi connectivity index (χ4v) is 1.16. The summed E-state index contributed by atoms with van der Waals surface area (Å²) in [6.07, 6.45) is 3.01. The van der Waals surface area contributed by atoms with Crippen LogP contribution in [0.4, 0.5) is 0 Å². The number of rotatable bonds is 0. The molecule has 2 aromatic rings. The van der Waals surface area contributed by atoms with Gasteiger partial charge in [0, 0.05) is 12.4 Å². The van der Waals surface area contributed by atoms with E-state index in [1.54, 1.807) is 24.3 Å². The number of nitrogens with zero attached hydrogens (tertiary/aromatic N) is 3. The fraction of sp³-hybridized carbons (Fsp3) is 0. The molecule has 0 N–H and O–H groups in total. The molecule has 0 saturated heterocycles. The van der Waals surface area contributed by atoms with Crippen molar-refractivity contribution >= 4 is 46.4 Å². The quantitative estimate of drug-likeness (QED) is 0.246. The average Bonchev–Trinajstić information content (AvgIpc) is 2.37. The summed E-state index contributed by atoms with van der Waals surface area (Å²) >= 11 is 21.9. The molecule has 0 unspecified atom stereocenters. The molecule has 21 heavy (non-hydrogen) atoms. The van der Waals surface area contributed by atoms with Crippen molar-refractivity contribution in [1.82, 2.24) is 9.97 Å². The third-order valence-electron chi connectivity index (χ3n) is 1.38. The van der Waals surface area contributed by atoms with Gasteiger partial charge in [-0.3, -0.25) is 0 Å². The van der Waals surface area contributed by atoms with E-state index in [2.05, 4.69) is 9.97 Å². The van der Waals surface area contributed by atoms with Crippen LogP contribution in [0.3, 0.4) is 0 Å². The van der Waals surface area contributed by atoms with Gasteiger partial charge in [-0.15, -0.1) is 0 Å². The monoisotopic (exact) mass is 463 g/mol. The van der Waals surface area contributed by atoms with Gasteiger partial charge in [0.2, 0.25) is 0 Å². The van der Waals surface area contributed by atoms with Gasteiger partial charge in [0.15, 0.2) is 0 Å². The largest absolute Gasteiger partial charge is 1.00 e. The number of halogens is 4. The van der Waals surface area contributed by atoms with Gasteiger partial charge in [-0.1, -0.05) is 46.4 Å². The number of hydrogen-bond acceptors (Lipinski definition) is 5. The van der Waals surface area contributed by atoms with Crippen molar-refractivity contribution in [2.75, 3.05) is 0 Å². The molecule has 0 amide bonds. The minimum atomic E-state index is -1.75. The van der Waals surface area contributed by atoms with Crippen LogP contribution in [0.2, 0.25) is 20.4 Å². The minimum Gasteiger partial charge on any atom is -0.356 e. The maximum absolute atomic E-state index is 8.25. The summed E-state index contributed by atoms with van der Waals surface area (Å²) < 4.78 is 0. The summed E-state index contributed by atoms with van der Waals surface area (Å²) in [6, 6.07) is 6.67. The second kappa shape index (κ2) is 13.1. The van der Waals surface area contributed by atoms with Crippen LogP contribution in [0.25, 0.3) is 0 Å². The van der Waals surface area contributed by atoms with E-state index in [9.17, 15) is 0 Å². The molecule has 6 nitrogen and oxygen atoms in total. The molecule has 0 bridgehead atoms. The smallest absolute Gasteiger partial charge is 0.356 e. The predicted octanol–water partition coefficient (Wildman–Crippen LogP) is 4.54. The van der Waals surface area contributed by atoms with Gasteiger partial charge in [-0.25, -0.2) is 9.97 Å². The van der Waals surface area contributed by atoms with Crippen LogP contribution < -0.4 is 0 Å². The topological polar surface area (TPSA) is 92.0 Å². The van der Waals surface area contributed by atoms with Crippen molar-refractivity contribution in [2.24, 2.45) is 0 Å². The van der Waals surface area contributed by atoms with Gasteiger partial charge < -0.3 is 15.3 Å². The molecule has 0 aliphatic rings. The first-order chi connectivity index (χ1) is 9.31. The van der Waals surface area contributed by atoms with Crippen molar-refractivity contribution in [3.8, 4) is 0 Å². The summed E-state index contributed by atoms with van der Waals surface area (Å²) in [6.45, 7) is 0. The van der Waals surface area contributed by atoms with Crippen LogP contribution in [0, 0.1) is 15.3 Å². The van der Waals surface area contributed by atoms with E-state index in [0.29, 0.717) is 20.4 Å². The maximum atomic E-state index is 8.25. The Hall–Kier alpha value is -0.600. The van der Waals surface area contributed by atoms with Crippen LogP contribution in [0.15, 0.2) is 36.7 Å². The first-order valence-corrected chi connectivity index (χ1v) is 6.18. The average molecular weight is 466 g/mol. The Balaban J connectivity index is 0. The molecule has 0 atom stereocenters. The second-order valence-electron chi connectivity index (χ2n) is 2.82. The first-order valence-electron chi connectivity index (χ1n) is 4.67. The minimum absolute atomic E-state index is 0. The second-order valence-corrected chi connectivity index (χ2v) is 4.47. The Labute approximate surface area is 155 Å². The van der Waals surface area contributed by atoms with Crippen molar-refractivity contribution in [3.63, 3.8) is 0 Å². The Kier molecular flexibility index (Phi) is 14.1. The van der Waals surface area contributed by atoms with Crippen molar-refractivity contribution in [3.05, 3.63) is 72.3 Å². The van der Waals surface area contributed by atoms with Gasteiger partial charge >= 0.3 is 22.4 Å². The summed E-state index contributed by atoms with van der Waals surface area (Å²) in [5, 5.41) is 16.9. The van der Waals surface area contributed by atoms with Gasteiger partial charge in [-0.2, -0.15) is 0 Å². The third-order valence-corrected chi connectivity index (χ3v) is 2.28. The Morgan fingerprint density at radius 1 is 0.810 bits per heavy atom. The third kappa shape index (κ3) is 15.6. The summed E-state index contributed by atoms with van der Waals surface area (Å²) in [7, 11) is 0. The van der Waals surface area contributed by atoms with Crippen molar-refractivity contribution < 1.29 is 27.5 Å². The summed E-state index contributed by atoms with van der Waals surface area (Å²) in [5.41, 5.74) is 0. The molecule has 118 valence electrons. The van der Waals surface area contributed by atoms with Gasteiger partial charge in [0.05, 0.1) is 15.1 Å². The van der Waals surface area contributed by atoms with E-state index in [1.807, 2.05) is 0 Å². The Morgan fingerprint density at radius 2 is 1.10 bits per heavy atom. The fourth-order valence-electron chi connectivity index (χ4n) is 0.716.